The number of carbonyl (C=O) groups is 2. The van der Waals surface area contributed by atoms with Crippen LogP contribution in [0.5, 0.6) is 0 Å². The number of hydrogen-bond acceptors (Lipinski definition) is 5. The van der Waals surface area contributed by atoms with E-state index in [4.69, 9.17) is 9.15 Å². The van der Waals surface area contributed by atoms with E-state index in [9.17, 15) is 14.7 Å². The number of furan rings is 1. The number of aliphatic carboxylic acids is 1. The summed E-state index contributed by atoms with van der Waals surface area (Å²) in [5.41, 5.74) is 0. The van der Waals surface area contributed by atoms with E-state index >= 15 is 0 Å². The Morgan fingerprint density at radius 1 is 1.43 bits per heavy atom. The van der Waals surface area contributed by atoms with Crippen molar-refractivity contribution in [2.45, 2.75) is 6.54 Å². The highest BCUT2D eigenvalue weighted by molar-refractivity contribution is 5.76. The molecule has 8 nitrogen and oxygen atoms in total. The Labute approximate surface area is 135 Å². The Morgan fingerprint density at radius 3 is 2.91 bits per heavy atom. The summed E-state index contributed by atoms with van der Waals surface area (Å²) in [7, 11) is 1.56. The van der Waals surface area contributed by atoms with Crippen molar-refractivity contribution >= 4 is 12.0 Å². The van der Waals surface area contributed by atoms with Gasteiger partial charge in [-0.2, -0.15) is 0 Å². The normalized spacial score (nSPS) is 19.3. The fraction of sp³-hybridized carbons (Fsp3) is 0.600. The van der Waals surface area contributed by atoms with Gasteiger partial charge in [0.05, 0.1) is 25.3 Å². The van der Waals surface area contributed by atoms with Gasteiger partial charge in [-0.1, -0.05) is 0 Å². The maximum atomic E-state index is 12.1. The molecule has 1 aliphatic heterocycles. The fourth-order valence-corrected chi connectivity index (χ4v) is 2.56. The van der Waals surface area contributed by atoms with E-state index < -0.39 is 11.9 Å². The van der Waals surface area contributed by atoms with Crippen molar-refractivity contribution in [2.75, 3.05) is 46.4 Å². The zero-order valence-electron chi connectivity index (χ0n) is 13.2. The number of carboxylic acids is 1. The number of nitrogens with zero attached hydrogens (tertiary/aromatic N) is 2. The van der Waals surface area contributed by atoms with Gasteiger partial charge in [-0.05, 0) is 12.1 Å². The van der Waals surface area contributed by atoms with Crippen molar-refractivity contribution in [3.05, 3.63) is 24.2 Å². The molecule has 1 aromatic heterocycles. The third kappa shape index (κ3) is 5.26. The Kier molecular flexibility index (Phi) is 6.42. The van der Waals surface area contributed by atoms with E-state index in [0.717, 1.165) is 5.76 Å². The molecule has 0 unspecified atom stereocenters. The van der Waals surface area contributed by atoms with Gasteiger partial charge in [-0.3, -0.25) is 9.69 Å². The molecule has 2 amide bonds. The van der Waals surface area contributed by atoms with E-state index in [0.29, 0.717) is 39.3 Å². The third-order valence-corrected chi connectivity index (χ3v) is 3.78. The number of amides is 2. The molecule has 0 aliphatic carbocycles. The predicted octanol–water partition coefficient (Wildman–Crippen LogP) is 0.454. The fourth-order valence-electron chi connectivity index (χ4n) is 2.56. The molecule has 23 heavy (non-hydrogen) atoms. The van der Waals surface area contributed by atoms with Crippen LogP contribution in [0.2, 0.25) is 0 Å². The van der Waals surface area contributed by atoms with Crippen LogP contribution in [-0.2, 0) is 16.1 Å². The summed E-state index contributed by atoms with van der Waals surface area (Å²) >= 11 is 0. The molecule has 2 N–H and O–H groups in total. The number of carboxylic acid groups (broad SMARTS) is 1. The van der Waals surface area contributed by atoms with Crippen LogP contribution in [0, 0.1) is 5.92 Å². The van der Waals surface area contributed by atoms with Crippen LogP contribution in [0.4, 0.5) is 4.79 Å². The van der Waals surface area contributed by atoms with Crippen LogP contribution in [-0.4, -0.2) is 73.3 Å². The van der Waals surface area contributed by atoms with Crippen molar-refractivity contribution < 1.29 is 23.8 Å². The summed E-state index contributed by atoms with van der Waals surface area (Å²) in [5.74, 6) is -0.737. The minimum absolute atomic E-state index is 0.197. The lowest BCUT2D eigenvalue weighted by molar-refractivity contribution is -0.142. The maximum absolute atomic E-state index is 12.1. The molecule has 2 heterocycles. The highest BCUT2D eigenvalue weighted by Gasteiger charge is 2.30. The second-order valence-electron chi connectivity index (χ2n) is 5.52. The van der Waals surface area contributed by atoms with Gasteiger partial charge >= 0.3 is 12.0 Å². The minimum Gasteiger partial charge on any atom is -0.481 e. The van der Waals surface area contributed by atoms with E-state index in [1.807, 2.05) is 11.0 Å². The predicted molar refractivity (Wildman–Crippen MR) is 82.0 cm³/mol. The molecule has 2 rings (SSSR count). The second-order valence-corrected chi connectivity index (χ2v) is 5.52. The monoisotopic (exact) mass is 325 g/mol. The van der Waals surface area contributed by atoms with Crippen LogP contribution in [0.15, 0.2) is 22.8 Å². The van der Waals surface area contributed by atoms with Crippen molar-refractivity contribution in [2.24, 2.45) is 5.92 Å². The molecular formula is C15H23N3O5. The number of rotatable bonds is 6. The molecule has 1 fully saturated rings. The molecule has 1 saturated heterocycles. The molecule has 0 bridgehead atoms. The van der Waals surface area contributed by atoms with E-state index in [-0.39, 0.29) is 12.6 Å². The quantitative estimate of drug-likeness (QED) is 0.738. The first-order chi connectivity index (χ1) is 11.1. The molecule has 0 saturated carbocycles. The highest BCUT2D eigenvalue weighted by atomic mass is 16.5. The lowest BCUT2D eigenvalue weighted by Crippen LogP contribution is -2.44. The summed E-state index contributed by atoms with van der Waals surface area (Å²) in [4.78, 5) is 27.2. The summed E-state index contributed by atoms with van der Waals surface area (Å²) in [5, 5.41) is 12.1. The average Bonchev–Trinajstić information content (AvgIpc) is 2.92. The Hall–Kier alpha value is -2.06. The SMILES string of the molecule is COCCNC(=O)N1CCN(Cc2ccco2)C[C@H](C(=O)O)C1. The van der Waals surface area contributed by atoms with Crippen LogP contribution in [0.3, 0.4) is 0 Å². The molecule has 8 heteroatoms. The minimum atomic E-state index is -0.897. The van der Waals surface area contributed by atoms with Gasteiger partial charge in [0.1, 0.15) is 5.76 Å². The molecule has 128 valence electrons. The Bertz CT molecular complexity index is 505. The number of ether oxygens (including phenoxy) is 1. The van der Waals surface area contributed by atoms with E-state index in [1.165, 1.54) is 0 Å². The second kappa shape index (κ2) is 8.54. The standard InChI is InChI=1S/C15H23N3O5/c1-22-8-4-16-15(21)18-6-5-17(9-12(10-18)14(19)20)11-13-3-2-7-23-13/h2-3,7,12H,4-6,8-11H2,1H3,(H,16,21)(H,19,20)/t12-/m0/s1. The summed E-state index contributed by atoms with van der Waals surface area (Å²) in [6.07, 6.45) is 1.59. The van der Waals surface area contributed by atoms with Gasteiger partial charge in [-0.25, -0.2) is 4.79 Å². The summed E-state index contributed by atoms with van der Waals surface area (Å²) in [6, 6.07) is 3.40. The smallest absolute Gasteiger partial charge is 0.317 e. The molecule has 1 aliphatic rings. The van der Waals surface area contributed by atoms with Crippen molar-refractivity contribution in [1.29, 1.82) is 0 Å². The van der Waals surface area contributed by atoms with Gasteiger partial charge < -0.3 is 24.5 Å². The van der Waals surface area contributed by atoms with Crippen molar-refractivity contribution in [1.82, 2.24) is 15.1 Å². The third-order valence-electron chi connectivity index (χ3n) is 3.78. The van der Waals surface area contributed by atoms with Gasteiger partial charge in [0, 0.05) is 39.8 Å². The van der Waals surface area contributed by atoms with Crippen molar-refractivity contribution in [3.63, 3.8) is 0 Å². The molecule has 0 aromatic carbocycles. The van der Waals surface area contributed by atoms with Gasteiger partial charge in [0.2, 0.25) is 0 Å². The summed E-state index contributed by atoms with van der Waals surface area (Å²) in [6.45, 7) is 3.02. The molecular weight excluding hydrogens is 302 g/mol. The van der Waals surface area contributed by atoms with Gasteiger partial charge in [0.15, 0.2) is 0 Å². The van der Waals surface area contributed by atoms with E-state index in [1.54, 1.807) is 24.3 Å². The van der Waals surface area contributed by atoms with Crippen LogP contribution in [0.25, 0.3) is 0 Å². The van der Waals surface area contributed by atoms with E-state index in [2.05, 4.69) is 5.32 Å². The van der Waals surface area contributed by atoms with Crippen LogP contribution >= 0.6 is 0 Å². The van der Waals surface area contributed by atoms with Crippen LogP contribution < -0.4 is 5.32 Å². The maximum Gasteiger partial charge on any atom is 0.317 e. The zero-order chi connectivity index (χ0) is 16.7. The molecule has 1 aromatic rings. The van der Waals surface area contributed by atoms with Crippen molar-refractivity contribution in [3.8, 4) is 0 Å². The zero-order valence-corrected chi connectivity index (χ0v) is 13.2. The number of carbonyl (C=O) groups excluding carboxylic acids is 1. The first kappa shape index (κ1) is 17.3. The lowest BCUT2D eigenvalue weighted by atomic mass is 10.1. The highest BCUT2D eigenvalue weighted by Crippen LogP contribution is 2.14. The molecule has 0 spiro atoms. The topological polar surface area (TPSA) is 95.3 Å². The first-order valence-electron chi connectivity index (χ1n) is 7.59. The molecule has 0 radical (unpaired) electrons. The number of urea groups is 1. The number of nitrogens with one attached hydrogen (secondary N) is 1. The largest absolute Gasteiger partial charge is 0.481 e. The number of methoxy groups -OCH3 is 1. The Morgan fingerprint density at radius 2 is 2.26 bits per heavy atom. The number of hydrogen-bond donors (Lipinski definition) is 2. The lowest BCUT2D eigenvalue weighted by Gasteiger charge is -2.22. The van der Waals surface area contributed by atoms with Crippen LogP contribution in [0.1, 0.15) is 5.76 Å². The average molecular weight is 325 g/mol. The summed E-state index contributed by atoms with van der Waals surface area (Å²) < 4.78 is 10.2. The van der Waals surface area contributed by atoms with Gasteiger partial charge in [0.25, 0.3) is 0 Å². The first-order valence-corrected chi connectivity index (χ1v) is 7.59. The van der Waals surface area contributed by atoms with Gasteiger partial charge in [-0.15, -0.1) is 0 Å². The Balaban J connectivity index is 1.96. The molecule has 1 atom stereocenters.